The van der Waals surface area contributed by atoms with Crippen LogP contribution in [0.4, 0.5) is 5.82 Å². The van der Waals surface area contributed by atoms with E-state index < -0.39 is 5.97 Å². The molecule has 0 aliphatic rings. The summed E-state index contributed by atoms with van der Waals surface area (Å²) in [7, 11) is 1.32. The van der Waals surface area contributed by atoms with E-state index in [0.717, 1.165) is 0 Å². The van der Waals surface area contributed by atoms with Crippen LogP contribution >= 0.6 is 15.9 Å². The SMILES string of the molecule is COC(=O)c1c(Br)cccc1Oc1ccc(N)nc1. The van der Waals surface area contributed by atoms with Gasteiger partial charge in [0.05, 0.1) is 13.3 Å². The monoisotopic (exact) mass is 322 g/mol. The van der Waals surface area contributed by atoms with Crippen molar-refractivity contribution in [3.8, 4) is 11.5 Å². The number of carbonyl (C=O) groups is 1. The number of nitrogen functional groups attached to an aromatic ring is 1. The molecular formula is C13H11BrN2O3. The maximum Gasteiger partial charge on any atom is 0.342 e. The van der Waals surface area contributed by atoms with E-state index in [1.54, 1.807) is 30.3 Å². The third-order valence-electron chi connectivity index (χ3n) is 2.35. The molecule has 0 unspecified atom stereocenters. The summed E-state index contributed by atoms with van der Waals surface area (Å²) < 4.78 is 10.9. The van der Waals surface area contributed by atoms with Crippen LogP contribution in [0.1, 0.15) is 10.4 Å². The molecule has 2 aromatic rings. The van der Waals surface area contributed by atoms with Gasteiger partial charge in [-0.2, -0.15) is 0 Å². The summed E-state index contributed by atoms with van der Waals surface area (Å²) >= 11 is 3.30. The van der Waals surface area contributed by atoms with Crippen LogP contribution in [0.3, 0.4) is 0 Å². The van der Waals surface area contributed by atoms with Gasteiger partial charge in [-0.25, -0.2) is 9.78 Å². The number of hydrogen-bond donors (Lipinski definition) is 1. The van der Waals surface area contributed by atoms with Crippen molar-refractivity contribution in [1.29, 1.82) is 0 Å². The number of esters is 1. The van der Waals surface area contributed by atoms with E-state index in [1.165, 1.54) is 13.3 Å². The minimum Gasteiger partial charge on any atom is -0.465 e. The predicted octanol–water partition coefficient (Wildman–Crippen LogP) is 3.01. The molecule has 1 heterocycles. The van der Waals surface area contributed by atoms with Crippen molar-refractivity contribution >= 4 is 27.7 Å². The molecule has 98 valence electrons. The van der Waals surface area contributed by atoms with Gasteiger partial charge in [-0.05, 0) is 40.2 Å². The molecule has 2 rings (SSSR count). The lowest BCUT2D eigenvalue weighted by Gasteiger charge is -2.11. The Bertz CT molecular complexity index is 599. The maximum absolute atomic E-state index is 11.7. The largest absolute Gasteiger partial charge is 0.465 e. The van der Waals surface area contributed by atoms with Gasteiger partial charge >= 0.3 is 5.97 Å². The molecule has 0 amide bonds. The average Bonchev–Trinajstić information content (AvgIpc) is 2.41. The second-order valence-corrected chi connectivity index (χ2v) is 4.48. The Labute approximate surface area is 118 Å². The number of methoxy groups -OCH3 is 1. The molecular weight excluding hydrogens is 312 g/mol. The predicted molar refractivity (Wildman–Crippen MR) is 74.2 cm³/mol. The van der Waals surface area contributed by atoms with Crippen molar-refractivity contribution in [1.82, 2.24) is 4.98 Å². The van der Waals surface area contributed by atoms with E-state index in [2.05, 4.69) is 20.9 Å². The van der Waals surface area contributed by atoms with Gasteiger partial charge in [-0.15, -0.1) is 0 Å². The van der Waals surface area contributed by atoms with E-state index in [9.17, 15) is 4.79 Å². The summed E-state index contributed by atoms with van der Waals surface area (Å²) in [5.41, 5.74) is 5.82. The first-order chi connectivity index (χ1) is 9.11. The van der Waals surface area contributed by atoms with Gasteiger partial charge in [0.15, 0.2) is 0 Å². The second-order valence-electron chi connectivity index (χ2n) is 3.63. The van der Waals surface area contributed by atoms with Crippen LogP contribution in [0.25, 0.3) is 0 Å². The third kappa shape index (κ3) is 3.03. The second kappa shape index (κ2) is 5.71. The highest BCUT2D eigenvalue weighted by Gasteiger charge is 2.17. The summed E-state index contributed by atoms with van der Waals surface area (Å²) in [6.45, 7) is 0. The zero-order valence-corrected chi connectivity index (χ0v) is 11.7. The normalized spacial score (nSPS) is 10.0. The molecule has 2 N–H and O–H groups in total. The summed E-state index contributed by atoms with van der Waals surface area (Å²) in [6.07, 6.45) is 1.48. The van der Waals surface area contributed by atoms with Gasteiger partial charge in [0.2, 0.25) is 0 Å². The number of hydrogen-bond acceptors (Lipinski definition) is 5. The van der Waals surface area contributed by atoms with E-state index in [-0.39, 0.29) is 0 Å². The standard InChI is InChI=1S/C13H11BrN2O3/c1-18-13(17)12-9(14)3-2-4-10(12)19-8-5-6-11(15)16-7-8/h2-7H,1H3,(H2,15,16). The molecule has 1 aromatic carbocycles. The molecule has 19 heavy (non-hydrogen) atoms. The van der Waals surface area contributed by atoms with E-state index in [1.807, 2.05) is 0 Å². The summed E-state index contributed by atoms with van der Waals surface area (Å²) in [5, 5.41) is 0. The Morgan fingerprint density at radius 2 is 2.11 bits per heavy atom. The molecule has 0 saturated heterocycles. The van der Waals surface area contributed by atoms with Gasteiger partial charge in [0.25, 0.3) is 0 Å². The Balaban J connectivity index is 2.37. The van der Waals surface area contributed by atoms with Crippen molar-refractivity contribution in [3.05, 3.63) is 46.6 Å². The first kappa shape index (κ1) is 13.4. The Morgan fingerprint density at radius 3 is 2.74 bits per heavy atom. The number of carbonyl (C=O) groups excluding carboxylic acids is 1. The van der Waals surface area contributed by atoms with Crippen molar-refractivity contribution in [2.24, 2.45) is 0 Å². The number of rotatable bonds is 3. The number of anilines is 1. The lowest BCUT2D eigenvalue weighted by Crippen LogP contribution is -2.05. The van der Waals surface area contributed by atoms with Gasteiger partial charge in [0.1, 0.15) is 22.9 Å². The highest BCUT2D eigenvalue weighted by Crippen LogP contribution is 2.31. The maximum atomic E-state index is 11.7. The summed E-state index contributed by atoms with van der Waals surface area (Å²) in [4.78, 5) is 15.6. The van der Waals surface area contributed by atoms with Crippen molar-refractivity contribution < 1.29 is 14.3 Å². The fourth-order valence-electron chi connectivity index (χ4n) is 1.47. The lowest BCUT2D eigenvalue weighted by molar-refractivity contribution is 0.0597. The van der Waals surface area contributed by atoms with Gasteiger partial charge < -0.3 is 15.2 Å². The average molecular weight is 323 g/mol. The van der Waals surface area contributed by atoms with Crippen LogP contribution in [0.15, 0.2) is 41.0 Å². The highest BCUT2D eigenvalue weighted by molar-refractivity contribution is 9.10. The summed E-state index contributed by atoms with van der Waals surface area (Å²) in [6, 6.07) is 8.46. The molecule has 0 radical (unpaired) electrons. The molecule has 0 saturated carbocycles. The highest BCUT2D eigenvalue weighted by atomic mass is 79.9. The van der Waals surface area contributed by atoms with Crippen LogP contribution in [0.5, 0.6) is 11.5 Å². The van der Waals surface area contributed by atoms with Crippen molar-refractivity contribution in [2.75, 3.05) is 12.8 Å². The van der Waals surface area contributed by atoms with Gasteiger partial charge in [-0.3, -0.25) is 0 Å². The van der Waals surface area contributed by atoms with Crippen molar-refractivity contribution in [3.63, 3.8) is 0 Å². The van der Waals surface area contributed by atoms with E-state index in [4.69, 9.17) is 15.2 Å². The fourth-order valence-corrected chi connectivity index (χ4v) is 1.98. The fraction of sp³-hybridized carbons (Fsp3) is 0.0769. The van der Waals surface area contributed by atoms with Crippen LogP contribution in [-0.4, -0.2) is 18.1 Å². The number of halogens is 1. The minimum atomic E-state index is -0.481. The quantitative estimate of drug-likeness (QED) is 0.879. The molecule has 0 bridgehead atoms. The molecule has 6 heteroatoms. The zero-order chi connectivity index (χ0) is 13.8. The summed E-state index contributed by atoms with van der Waals surface area (Å²) in [5.74, 6) is 0.783. The number of pyridine rings is 1. The molecule has 0 aliphatic heterocycles. The topological polar surface area (TPSA) is 74.4 Å². The molecule has 0 aliphatic carbocycles. The number of nitrogens with two attached hydrogens (primary N) is 1. The van der Waals surface area contributed by atoms with Crippen LogP contribution in [-0.2, 0) is 4.74 Å². The van der Waals surface area contributed by atoms with Crippen LogP contribution in [0, 0.1) is 0 Å². The minimum absolute atomic E-state index is 0.321. The Kier molecular flexibility index (Phi) is 4.01. The number of aromatic nitrogens is 1. The van der Waals surface area contributed by atoms with E-state index in [0.29, 0.717) is 27.4 Å². The first-order valence-electron chi connectivity index (χ1n) is 5.38. The Morgan fingerprint density at radius 1 is 1.32 bits per heavy atom. The van der Waals surface area contributed by atoms with Gasteiger partial charge in [-0.1, -0.05) is 6.07 Å². The molecule has 0 atom stereocenters. The smallest absolute Gasteiger partial charge is 0.342 e. The van der Waals surface area contributed by atoms with Crippen LogP contribution in [0.2, 0.25) is 0 Å². The molecule has 0 fully saturated rings. The van der Waals surface area contributed by atoms with Crippen LogP contribution < -0.4 is 10.5 Å². The number of ether oxygens (including phenoxy) is 2. The van der Waals surface area contributed by atoms with Gasteiger partial charge in [0, 0.05) is 4.47 Å². The first-order valence-corrected chi connectivity index (χ1v) is 6.17. The molecule has 1 aromatic heterocycles. The molecule has 0 spiro atoms. The molecule has 5 nitrogen and oxygen atoms in total. The van der Waals surface area contributed by atoms with Crippen molar-refractivity contribution in [2.45, 2.75) is 0 Å². The van der Waals surface area contributed by atoms with E-state index >= 15 is 0 Å². The zero-order valence-electron chi connectivity index (χ0n) is 10.1. The lowest BCUT2D eigenvalue weighted by atomic mass is 10.2. The third-order valence-corrected chi connectivity index (χ3v) is 3.01. The number of benzene rings is 1. The number of nitrogens with zero attached hydrogens (tertiary/aromatic N) is 1. The Hall–Kier alpha value is -2.08.